The first-order valence-corrected chi connectivity index (χ1v) is 11.7. The van der Waals surface area contributed by atoms with Crippen molar-refractivity contribution in [2.45, 2.75) is 20.8 Å². The van der Waals surface area contributed by atoms with Gasteiger partial charge in [0.1, 0.15) is 5.75 Å². The van der Waals surface area contributed by atoms with Crippen LogP contribution in [0.15, 0.2) is 67.0 Å². The van der Waals surface area contributed by atoms with Gasteiger partial charge >= 0.3 is 0 Å². The Morgan fingerprint density at radius 1 is 0.973 bits per heavy atom. The highest BCUT2D eigenvalue weighted by molar-refractivity contribution is 5.94. The lowest BCUT2D eigenvalue weighted by molar-refractivity contribution is 0.101. The molecule has 0 aliphatic heterocycles. The smallest absolute Gasteiger partial charge is 0.250 e. The molecule has 37 heavy (non-hydrogen) atoms. The van der Waals surface area contributed by atoms with E-state index < -0.39 is 0 Å². The zero-order valence-corrected chi connectivity index (χ0v) is 20.9. The second-order valence-corrected chi connectivity index (χ2v) is 8.87. The van der Waals surface area contributed by atoms with Crippen LogP contribution < -0.4 is 10.1 Å². The summed E-state index contributed by atoms with van der Waals surface area (Å²) in [6, 6.07) is 20.8. The molecular weight excluding hydrogens is 464 g/mol. The van der Waals surface area contributed by atoms with Crippen molar-refractivity contribution >= 4 is 28.6 Å². The van der Waals surface area contributed by atoms with E-state index in [1.54, 1.807) is 37.5 Å². The summed E-state index contributed by atoms with van der Waals surface area (Å²) in [6.45, 7) is 5.55. The highest BCUT2D eigenvalue weighted by Gasteiger charge is 2.17. The molecule has 8 heteroatoms. The fraction of sp³-hybridized carbons (Fsp3) is 0.138. The van der Waals surface area contributed by atoms with Crippen molar-refractivity contribution in [1.29, 1.82) is 5.26 Å². The second-order valence-electron chi connectivity index (χ2n) is 8.87. The molecular formula is C29H24N6O2. The van der Waals surface area contributed by atoms with Crippen molar-refractivity contribution in [3.8, 4) is 28.8 Å². The largest absolute Gasteiger partial charge is 0.436 e. The normalized spacial score (nSPS) is 10.8. The molecule has 1 N–H and O–H groups in total. The third kappa shape index (κ3) is 4.75. The summed E-state index contributed by atoms with van der Waals surface area (Å²) in [5.41, 5.74) is 7.12. The van der Waals surface area contributed by atoms with Gasteiger partial charge in [0.2, 0.25) is 5.95 Å². The number of ketones is 1. The van der Waals surface area contributed by atoms with Crippen LogP contribution >= 0.6 is 0 Å². The number of imidazole rings is 1. The highest BCUT2D eigenvalue weighted by atomic mass is 16.5. The van der Waals surface area contributed by atoms with Gasteiger partial charge in [0.15, 0.2) is 16.9 Å². The van der Waals surface area contributed by atoms with Gasteiger partial charge in [-0.1, -0.05) is 24.3 Å². The monoisotopic (exact) mass is 488 g/mol. The molecule has 0 bridgehead atoms. The number of nitrogens with zero attached hydrogens (tertiary/aromatic N) is 5. The molecule has 0 atom stereocenters. The Morgan fingerprint density at radius 2 is 1.65 bits per heavy atom. The lowest BCUT2D eigenvalue weighted by Gasteiger charge is -2.15. The van der Waals surface area contributed by atoms with E-state index in [2.05, 4.69) is 38.5 Å². The van der Waals surface area contributed by atoms with Crippen LogP contribution in [0.4, 0.5) is 11.6 Å². The maximum absolute atomic E-state index is 11.6. The Bertz CT molecular complexity index is 1660. The number of anilines is 2. The molecule has 8 nitrogen and oxygen atoms in total. The number of nitriles is 1. The average Bonchev–Trinajstić information content (AvgIpc) is 3.27. The van der Waals surface area contributed by atoms with Crippen LogP contribution in [0.2, 0.25) is 0 Å². The van der Waals surface area contributed by atoms with Crippen molar-refractivity contribution in [1.82, 2.24) is 19.5 Å². The number of benzene rings is 3. The summed E-state index contributed by atoms with van der Waals surface area (Å²) in [6.07, 6.45) is 1.67. The summed E-state index contributed by atoms with van der Waals surface area (Å²) in [5, 5.41) is 12.2. The predicted molar refractivity (Wildman–Crippen MR) is 142 cm³/mol. The highest BCUT2D eigenvalue weighted by Crippen LogP contribution is 2.35. The molecule has 0 aliphatic carbocycles. The lowest BCUT2D eigenvalue weighted by Crippen LogP contribution is -2.03. The van der Waals surface area contributed by atoms with Gasteiger partial charge in [-0.25, -0.2) is 4.98 Å². The average molecular weight is 489 g/mol. The number of aromatic nitrogens is 4. The minimum absolute atomic E-state index is 0.0435. The number of carbonyl (C=O) groups excluding carboxylic acids is 1. The standard InChI is InChI=1S/C29H24N6O2/c1-17-13-23(22-9-7-21(8-10-22)19(3)36)14-18(2)26(17)37-28-25-27(31-16-35(25)4)33-29(34-28)32-24-11-5-20(15-30)6-12-24/h5-14,16H,1-4H3,(H,32,33,34). The Balaban J connectivity index is 1.50. The van der Waals surface area contributed by atoms with E-state index >= 15 is 0 Å². The molecule has 5 rings (SSSR count). The zero-order valence-electron chi connectivity index (χ0n) is 20.9. The van der Waals surface area contributed by atoms with Gasteiger partial charge in [0, 0.05) is 18.3 Å². The molecule has 3 aromatic carbocycles. The number of hydrogen-bond donors (Lipinski definition) is 1. The molecule has 2 aromatic heterocycles. The molecule has 0 radical (unpaired) electrons. The molecule has 0 spiro atoms. The third-order valence-electron chi connectivity index (χ3n) is 6.09. The van der Waals surface area contributed by atoms with Crippen molar-refractivity contribution in [2.24, 2.45) is 7.05 Å². The minimum Gasteiger partial charge on any atom is -0.436 e. The number of carbonyl (C=O) groups is 1. The molecule has 0 fully saturated rings. The maximum Gasteiger partial charge on any atom is 0.250 e. The molecule has 2 heterocycles. The van der Waals surface area contributed by atoms with Crippen molar-refractivity contribution in [3.63, 3.8) is 0 Å². The quantitative estimate of drug-likeness (QED) is 0.281. The third-order valence-corrected chi connectivity index (χ3v) is 6.09. The van der Waals surface area contributed by atoms with Crippen molar-refractivity contribution < 1.29 is 9.53 Å². The van der Waals surface area contributed by atoms with E-state index in [0.717, 1.165) is 27.9 Å². The first kappa shape index (κ1) is 23.7. The molecule has 0 saturated heterocycles. The van der Waals surface area contributed by atoms with Gasteiger partial charge in [-0.2, -0.15) is 15.2 Å². The summed E-state index contributed by atoms with van der Waals surface area (Å²) in [4.78, 5) is 25.2. The van der Waals surface area contributed by atoms with Crippen LogP contribution in [0.1, 0.15) is 34.0 Å². The van der Waals surface area contributed by atoms with Crippen LogP contribution in [0.5, 0.6) is 11.6 Å². The lowest BCUT2D eigenvalue weighted by atomic mass is 9.98. The topological polar surface area (TPSA) is 106 Å². The number of hydrogen-bond acceptors (Lipinski definition) is 7. The zero-order chi connectivity index (χ0) is 26.1. The van der Waals surface area contributed by atoms with E-state index in [4.69, 9.17) is 10.00 Å². The Labute approximate surface area is 214 Å². The minimum atomic E-state index is 0.0435. The Morgan fingerprint density at radius 3 is 2.27 bits per heavy atom. The number of ether oxygens (including phenoxy) is 1. The molecule has 0 saturated carbocycles. The number of aryl methyl sites for hydroxylation is 3. The Hall–Kier alpha value is -5.03. The van der Waals surface area contributed by atoms with Gasteiger partial charge < -0.3 is 14.6 Å². The SMILES string of the molecule is CC(=O)c1ccc(-c2cc(C)c(Oc3nc(Nc4ccc(C#N)cc4)nc4ncn(C)c34)c(C)c2)cc1. The van der Waals surface area contributed by atoms with E-state index in [1.807, 2.05) is 49.7 Å². The van der Waals surface area contributed by atoms with Crippen molar-refractivity contribution in [3.05, 3.63) is 89.2 Å². The Kier molecular flexibility index (Phi) is 6.12. The first-order chi connectivity index (χ1) is 17.8. The molecule has 182 valence electrons. The van der Waals surface area contributed by atoms with Crippen molar-refractivity contribution in [2.75, 3.05) is 5.32 Å². The van der Waals surface area contributed by atoms with Gasteiger partial charge in [-0.05, 0) is 79.4 Å². The van der Waals surface area contributed by atoms with E-state index in [-0.39, 0.29) is 5.78 Å². The maximum atomic E-state index is 11.6. The summed E-state index contributed by atoms with van der Waals surface area (Å²) >= 11 is 0. The number of rotatable bonds is 6. The van der Waals surface area contributed by atoms with Crippen LogP contribution in [0.3, 0.4) is 0 Å². The van der Waals surface area contributed by atoms with E-state index in [9.17, 15) is 4.79 Å². The number of nitrogens with one attached hydrogen (secondary N) is 1. The summed E-state index contributed by atoms with van der Waals surface area (Å²) < 4.78 is 8.23. The van der Waals surface area contributed by atoms with E-state index in [0.29, 0.717) is 39.9 Å². The predicted octanol–water partition coefficient (Wildman–Crippen LogP) is 6.26. The summed E-state index contributed by atoms with van der Waals surface area (Å²) in [5.74, 6) is 1.46. The van der Waals surface area contributed by atoms with Gasteiger partial charge in [-0.3, -0.25) is 4.79 Å². The van der Waals surface area contributed by atoms with Crippen LogP contribution in [0, 0.1) is 25.2 Å². The van der Waals surface area contributed by atoms with Crippen LogP contribution in [0.25, 0.3) is 22.3 Å². The van der Waals surface area contributed by atoms with Gasteiger partial charge in [0.25, 0.3) is 5.88 Å². The second kappa shape index (κ2) is 9.55. The molecule has 0 aliphatic rings. The molecule has 0 unspecified atom stereocenters. The fourth-order valence-corrected chi connectivity index (χ4v) is 4.18. The van der Waals surface area contributed by atoms with Gasteiger partial charge in [-0.15, -0.1) is 0 Å². The fourth-order valence-electron chi connectivity index (χ4n) is 4.18. The van der Waals surface area contributed by atoms with Crippen LogP contribution in [-0.2, 0) is 7.05 Å². The number of Topliss-reactive ketones (excluding diaryl/α,β-unsaturated/α-hetero) is 1. The first-order valence-electron chi connectivity index (χ1n) is 11.7. The van der Waals surface area contributed by atoms with Crippen LogP contribution in [-0.4, -0.2) is 25.3 Å². The van der Waals surface area contributed by atoms with Gasteiger partial charge in [0.05, 0.1) is 18.0 Å². The number of fused-ring (bicyclic) bond motifs is 1. The summed E-state index contributed by atoms with van der Waals surface area (Å²) in [7, 11) is 1.87. The molecule has 5 aromatic rings. The molecule has 0 amide bonds. The van der Waals surface area contributed by atoms with E-state index in [1.165, 1.54) is 0 Å².